The molecule has 0 rings (SSSR count). The zero-order valence-corrected chi connectivity index (χ0v) is 9.64. The first-order chi connectivity index (χ1) is 6.12. The van der Waals surface area contributed by atoms with Gasteiger partial charge < -0.3 is 9.47 Å². The van der Waals surface area contributed by atoms with Crippen molar-refractivity contribution in [2.75, 3.05) is 26.1 Å². The molecule has 0 bridgehead atoms. The highest BCUT2D eigenvalue weighted by atomic mass is 32.1. The van der Waals surface area contributed by atoms with E-state index in [1.807, 2.05) is 12.2 Å². The van der Waals surface area contributed by atoms with Crippen LogP contribution >= 0.6 is 12.6 Å². The maximum Gasteiger partial charge on any atom is 0.0647 e. The summed E-state index contributed by atoms with van der Waals surface area (Å²) < 4.78 is 10.6. The molecule has 0 heterocycles. The summed E-state index contributed by atoms with van der Waals surface area (Å²) in [5.74, 6) is 0.771. The highest BCUT2D eigenvalue weighted by molar-refractivity contribution is 7.80. The van der Waals surface area contributed by atoms with Crippen LogP contribution in [0.5, 0.6) is 0 Å². The van der Waals surface area contributed by atoms with Crippen molar-refractivity contribution >= 4 is 12.6 Å². The maximum absolute atomic E-state index is 5.37. The monoisotopic (exact) mass is 204 g/mol. The van der Waals surface area contributed by atoms with Crippen LogP contribution in [0.4, 0.5) is 0 Å². The van der Waals surface area contributed by atoms with Crippen LogP contribution in [0.2, 0.25) is 0 Å². The Morgan fingerprint density at radius 1 is 1.31 bits per heavy atom. The first-order valence-electron chi connectivity index (χ1n) is 4.51. The van der Waals surface area contributed by atoms with Crippen molar-refractivity contribution in [3.63, 3.8) is 0 Å². The molecule has 0 aliphatic heterocycles. The minimum absolute atomic E-state index is 0.0761. The number of methoxy groups -OCH3 is 1. The zero-order chi connectivity index (χ0) is 10.2. The SMILES string of the molecule is COC(C)(C)CCOC/C=C/CS. The van der Waals surface area contributed by atoms with Gasteiger partial charge in [-0.3, -0.25) is 0 Å². The molecule has 0 N–H and O–H groups in total. The molecule has 0 radical (unpaired) electrons. The molecule has 0 unspecified atom stereocenters. The van der Waals surface area contributed by atoms with Crippen LogP contribution < -0.4 is 0 Å². The highest BCUT2D eigenvalue weighted by Gasteiger charge is 2.14. The lowest BCUT2D eigenvalue weighted by Gasteiger charge is -2.22. The smallest absolute Gasteiger partial charge is 0.0647 e. The quantitative estimate of drug-likeness (QED) is 0.390. The van der Waals surface area contributed by atoms with Gasteiger partial charge in [-0.1, -0.05) is 12.2 Å². The standard InChI is InChI=1S/C10H20O2S/c1-10(2,11-3)6-8-12-7-4-5-9-13/h4-5,13H,6-9H2,1-3H3/b5-4+. The normalized spacial score (nSPS) is 12.6. The molecule has 0 spiro atoms. The van der Waals surface area contributed by atoms with Gasteiger partial charge in [0.2, 0.25) is 0 Å². The fraction of sp³-hybridized carbons (Fsp3) is 0.800. The zero-order valence-electron chi connectivity index (χ0n) is 8.75. The fourth-order valence-electron chi connectivity index (χ4n) is 0.714. The van der Waals surface area contributed by atoms with Gasteiger partial charge in [0.25, 0.3) is 0 Å². The highest BCUT2D eigenvalue weighted by Crippen LogP contribution is 2.12. The van der Waals surface area contributed by atoms with Crippen molar-refractivity contribution in [1.29, 1.82) is 0 Å². The van der Waals surface area contributed by atoms with Crippen molar-refractivity contribution in [2.24, 2.45) is 0 Å². The van der Waals surface area contributed by atoms with E-state index in [4.69, 9.17) is 9.47 Å². The van der Waals surface area contributed by atoms with Gasteiger partial charge in [-0.2, -0.15) is 12.6 Å². The van der Waals surface area contributed by atoms with Crippen molar-refractivity contribution in [1.82, 2.24) is 0 Å². The van der Waals surface area contributed by atoms with E-state index in [2.05, 4.69) is 26.5 Å². The molecular formula is C10H20O2S. The third-order valence-electron chi connectivity index (χ3n) is 1.89. The summed E-state index contributed by atoms with van der Waals surface area (Å²) in [5.41, 5.74) is -0.0761. The lowest BCUT2D eigenvalue weighted by Crippen LogP contribution is -2.24. The van der Waals surface area contributed by atoms with Crippen molar-refractivity contribution in [3.05, 3.63) is 12.2 Å². The molecule has 0 saturated carbocycles. The van der Waals surface area contributed by atoms with Crippen LogP contribution in [0.1, 0.15) is 20.3 Å². The van der Waals surface area contributed by atoms with Crippen molar-refractivity contribution in [2.45, 2.75) is 25.9 Å². The molecule has 0 aromatic carbocycles. The average molecular weight is 204 g/mol. The van der Waals surface area contributed by atoms with E-state index in [0.29, 0.717) is 6.61 Å². The third kappa shape index (κ3) is 8.34. The Morgan fingerprint density at radius 2 is 2.00 bits per heavy atom. The minimum Gasteiger partial charge on any atom is -0.379 e. The molecule has 0 aliphatic carbocycles. The van der Waals surface area contributed by atoms with Gasteiger partial charge in [0, 0.05) is 19.5 Å². The van der Waals surface area contributed by atoms with E-state index in [-0.39, 0.29) is 5.60 Å². The van der Waals surface area contributed by atoms with Crippen LogP contribution in [-0.2, 0) is 9.47 Å². The van der Waals surface area contributed by atoms with E-state index in [1.54, 1.807) is 7.11 Å². The second-order valence-corrected chi connectivity index (χ2v) is 3.81. The van der Waals surface area contributed by atoms with E-state index < -0.39 is 0 Å². The van der Waals surface area contributed by atoms with Gasteiger partial charge in [0.15, 0.2) is 0 Å². The van der Waals surface area contributed by atoms with Gasteiger partial charge in [-0.25, -0.2) is 0 Å². The predicted octanol–water partition coefficient (Wildman–Crippen LogP) is 2.30. The van der Waals surface area contributed by atoms with Crippen LogP contribution in [0, 0.1) is 0 Å². The molecule has 0 saturated heterocycles. The summed E-state index contributed by atoms with van der Waals surface area (Å²) in [6, 6.07) is 0. The molecule has 0 amide bonds. The topological polar surface area (TPSA) is 18.5 Å². The van der Waals surface area contributed by atoms with Crippen LogP contribution in [-0.4, -0.2) is 31.7 Å². The molecule has 0 aliphatic rings. The Bertz CT molecular complexity index is 144. The largest absolute Gasteiger partial charge is 0.379 e. The Balaban J connectivity index is 3.30. The van der Waals surface area contributed by atoms with E-state index >= 15 is 0 Å². The summed E-state index contributed by atoms with van der Waals surface area (Å²) in [6.07, 6.45) is 4.87. The Labute approximate surface area is 86.7 Å². The van der Waals surface area contributed by atoms with E-state index in [9.17, 15) is 0 Å². The van der Waals surface area contributed by atoms with Gasteiger partial charge in [0.1, 0.15) is 0 Å². The van der Waals surface area contributed by atoms with Crippen molar-refractivity contribution < 1.29 is 9.47 Å². The number of hydrogen-bond donors (Lipinski definition) is 1. The number of ether oxygens (including phenoxy) is 2. The van der Waals surface area contributed by atoms with E-state index in [1.165, 1.54) is 0 Å². The summed E-state index contributed by atoms with van der Waals surface area (Å²) in [5, 5.41) is 0. The lowest BCUT2D eigenvalue weighted by atomic mass is 10.1. The molecule has 0 aromatic heterocycles. The molecule has 78 valence electrons. The molecule has 0 fully saturated rings. The number of hydrogen-bond acceptors (Lipinski definition) is 3. The Morgan fingerprint density at radius 3 is 2.54 bits per heavy atom. The second-order valence-electron chi connectivity index (χ2n) is 3.44. The molecular weight excluding hydrogens is 184 g/mol. The van der Waals surface area contributed by atoms with Crippen LogP contribution in [0.3, 0.4) is 0 Å². The lowest BCUT2D eigenvalue weighted by molar-refractivity contribution is -0.00654. The van der Waals surface area contributed by atoms with E-state index in [0.717, 1.165) is 18.8 Å². The van der Waals surface area contributed by atoms with Gasteiger partial charge in [-0.05, 0) is 20.3 Å². The molecule has 13 heavy (non-hydrogen) atoms. The van der Waals surface area contributed by atoms with Crippen LogP contribution in [0.25, 0.3) is 0 Å². The maximum atomic E-state index is 5.37. The third-order valence-corrected chi connectivity index (χ3v) is 2.10. The van der Waals surface area contributed by atoms with Crippen LogP contribution in [0.15, 0.2) is 12.2 Å². The first kappa shape index (κ1) is 13.0. The molecule has 0 aromatic rings. The average Bonchev–Trinajstić information content (AvgIpc) is 2.11. The summed E-state index contributed by atoms with van der Waals surface area (Å²) >= 11 is 4.04. The summed E-state index contributed by atoms with van der Waals surface area (Å²) in [6.45, 7) is 5.51. The number of rotatable bonds is 7. The minimum atomic E-state index is -0.0761. The van der Waals surface area contributed by atoms with Crippen molar-refractivity contribution in [3.8, 4) is 0 Å². The predicted molar refractivity (Wildman–Crippen MR) is 59.5 cm³/mol. The van der Waals surface area contributed by atoms with Gasteiger partial charge in [-0.15, -0.1) is 0 Å². The summed E-state index contributed by atoms with van der Waals surface area (Å²) in [4.78, 5) is 0. The number of thiol groups is 1. The molecule has 2 nitrogen and oxygen atoms in total. The summed E-state index contributed by atoms with van der Waals surface area (Å²) in [7, 11) is 1.72. The molecule has 0 atom stereocenters. The van der Waals surface area contributed by atoms with Gasteiger partial charge in [0.05, 0.1) is 12.2 Å². The fourth-order valence-corrected chi connectivity index (χ4v) is 0.863. The first-order valence-corrected chi connectivity index (χ1v) is 5.14. The van der Waals surface area contributed by atoms with Gasteiger partial charge >= 0.3 is 0 Å². The molecule has 3 heteroatoms. The second kappa shape index (κ2) is 7.42. The Kier molecular flexibility index (Phi) is 7.42. The Hall–Kier alpha value is 0.01000.